The number of aromatic nitrogens is 2. The van der Waals surface area contributed by atoms with Crippen LogP contribution in [0, 0.1) is 0 Å². The van der Waals surface area contributed by atoms with Gasteiger partial charge in [-0.3, -0.25) is 4.79 Å². The first-order valence-electron chi connectivity index (χ1n) is 9.44. The van der Waals surface area contributed by atoms with Gasteiger partial charge in [-0.1, -0.05) is 61.3 Å². The summed E-state index contributed by atoms with van der Waals surface area (Å²) in [6.07, 6.45) is 11.5. The van der Waals surface area contributed by atoms with Gasteiger partial charge >= 0.3 is 5.97 Å². The van der Waals surface area contributed by atoms with Crippen LogP contribution < -0.4 is 0 Å². The molecule has 2 rings (SSSR count). The summed E-state index contributed by atoms with van der Waals surface area (Å²) in [4.78, 5) is 19.0. The minimum atomic E-state index is -0.0907. The van der Waals surface area contributed by atoms with Crippen molar-refractivity contribution in [2.75, 3.05) is 12.4 Å². The highest BCUT2D eigenvalue weighted by Crippen LogP contribution is 2.27. The first-order valence-corrected chi connectivity index (χ1v) is 11.9. The van der Waals surface area contributed by atoms with E-state index in [9.17, 15) is 4.79 Å². The van der Waals surface area contributed by atoms with Gasteiger partial charge in [0.05, 0.1) is 18.1 Å². The number of nitrogens with one attached hydrogen (secondary N) is 1. The van der Waals surface area contributed by atoms with Crippen molar-refractivity contribution in [3.63, 3.8) is 0 Å². The molecule has 0 spiro atoms. The molecule has 0 aliphatic heterocycles. The fourth-order valence-corrected chi connectivity index (χ4v) is 4.42. The summed E-state index contributed by atoms with van der Waals surface area (Å²) < 4.78 is 5.06. The molecule has 25 heavy (non-hydrogen) atoms. The lowest BCUT2D eigenvalue weighted by Crippen LogP contribution is -2.03. The van der Waals surface area contributed by atoms with Crippen LogP contribution in [0.25, 0.3) is 6.08 Å². The molecule has 1 N–H and O–H groups in total. The van der Waals surface area contributed by atoms with Crippen molar-refractivity contribution in [1.82, 2.24) is 9.97 Å². The van der Waals surface area contributed by atoms with Crippen molar-refractivity contribution in [3.8, 4) is 0 Å². The molecule has 1 aromatic rings. The molecule has 142 valence electrons. The predicted molar refractivity (Wildman–Crippen MR) is 111 cm³/mol. The summed E-state index contributed by atoms with van der Waals surface area (Å²) in [5.41, 5.74) is 2.41. The molecule has 0 atom stereocenters. The van der Waals surface area contributed by atoms with Gasteiger partial charge in [0, 0.05) is 17.9 Å². The minimum Gasteiger partial charge on any atom is -0.466 e. The fraction of sp³-hybridized carbons (Fsp3) is 0.684. The Hall–Kier alpha value is -0.880. The number of aromatic amines is 1. The van der Waals surface area contributed by atoms with E-state index in [1.807, 2.05) is 42.4 Å². The van der Waals surface area contributed by atoms with E-state index in [4.69, 9.17) is 4.74 Å². The molecule has 6 heteroatoms. The second-order valence-electron chi connectivity index (χ2n) is 5.56. The normalized spacial score (nSPS) is 12.3. The third-order valence-electron chi connectivity index (χ3n) is 3.65. The summed E-state index contributed by atoms with van der Waals surface area (Å²) in [6.45, 7) is 6.40. The highest BCUT2D eigenvalue weighted by Gasteiger charge is 2.10. The van der Waals surface area contributed by atoms with E-state index in [1.54, 1.807) is 0 Å². The highest BCUT2D eigenvalue weighted by molar-refractivity contribution is 8.76. The van der Waals surface area contributed by atoms with E-state index in [0.29, 0.717) is 13.0 Å². The maximum absolute atomic E-state index is 11.0. The van der Waals surface area contributed by atoms with E-state index in [0.717, 1.165) is 43.0 Å². The summed E-state index contributed by atoms with van der Waals surface area (Å²) in [5.74, 6) is 3.11. The van der Waals surface area contributed by atoms with Gasteiger partial charge in [0.25, 0.3) is 0 Å². The average molecular weight is 385 g/mol. The minimum absolute atomic E-state index is 0.0907. The first-order chi connectivity index (χ1) is 12.3. The van der Waals surface area contributed by atoms with Crippen LogP contribution in [0.1, 0.15) is 76.5 Å². The number of hydrogen-bond donors (Lipinski definition) is 1. The van der Waals surface area contributed by atoms with Crippen LogP contribution in [0.15, 0.2) is 6.08 Å². The second-order valence-corrected chi connectivity index (χ2v) is 8.14. The average Bonchev–Trinajstić information content (AvgIpc) is 3.07. The molecule has 0 saturated heterocycles. The topological polar surface area (TPSA) is 55.0 Å². The SMILES string of the molecule is CC.CCC(=O)OCCCCCCSSCc1nc2c([nH]1)CCC=C2. The van der Waals surface area contributed by atoms with Crippen molar-refractivity contribution in [2.24, 2.45) is 0 Å². The highest BCUT2D eigenvalue weighted by atomic mass is 33.1. The Kier molecular flexibility index (Phi) is 12.7. The number of esters is 1. The van der Waals surface area contributed by atoms with E-state index >= 15 is 0 Å². The smallest absolute Gasteiger partial charge is 0.305 e. The number of carbonyl (C=O) groups is 1. The number of unbranched alkanes of at least 4 members (excludes halogenated alkanes) is 3. The maximum Gasteiger partial charge on any atom is 0.305 e. The number of carbonyl (C=O) groups excluding carboxylic acids is 1. The van der Waals surface area contributed by atoms with Crippen LogP contribution in [0.4, 0.5) is 0 Å². The number of ether oxygens (including phenoxy) is 1. The predicted octanol–water partition coefficient (Wildman–Crippen LogP) is 5.79. The molecule has 0 fully saturated rings. The number of imidazole rings is 1. The van der Waals surface area contributed by atoms with Gasteiger partial charge in [-0.25, -0.2) is 4.98 Å². The van der Waals surface area contributed by atoms with Gasteiger partial charge in [-0.2, -0.15) is 0 Å². The van der Waals surface area contributed by atoms with Gasteiger partial charge in [0.1, 0.15) is 5.82 Å². The van der Waals surface area contributed by atoms with E-state index in [-0.39, 0.29) is 5.97 Å². The maximum atomic E-state index is 11.0. The summed E-state index contributed by atoms with van der Waals surface area (Å²) in [7, 11) is 3.79. The van der Waals surface area contributed by atoms with Crippen molar-refractivity contribution in [1.29, 1.82) is 0 Å². The molecular formula is C19H32N2O2S2. The zero-order valence-corrected chi connectivity index (χ0v) is 17.4. The van der Waals surface area contributed by atoms with Crippen LogP contribution in [0.2, 0.25) is 0 Å². The molecule has 4 nitrogen and oxygen atoms in total. The molecule has 0 bridgehead atoms. The number of allylic oxidation sites excluding steroid dienone is 1. The van der Waals surface area contributed by atoms with Crippen LogP contribution >= 0.6 is 21.6 Å². The number of H-pyrrole nitrogens is 1. The summed E-state index contributed by atoms with van der Waals surface area (Å²) in [5, 5.41) is 0. The quantitative estimate of drug-likeness (QED) is 0.297. The number of aryl methyl sites for hydroxylation is 1. The lowest BCUT2D eigenvalue weighted by molar-refractivity contribution is -0.143. The molecule has 0 radical (unpaired) electrons. The number of nitrogens with zero attached hydrogens (tertiary/aromatic N) is 1. The Morgan fingerprint density at radius 1 is 1.24 bits per heavy atom. The lowest BCUT2D eigenvalue weighted by atomic mass is 10.1. The zero-order chi connectivity index (χ0) is 18.3. The Labute approximate surface area is 160 Å². The number of rotatable bonds is 11. The Bertz CT molecular complexity index is 516. The number of fused-ring (bicyclic) bond motifs is 1. The van der Waals surface area contributed by atoms with Gasteiger partial charge in [-0.15, -0.1) is 0 Å². The second kappa shape index (κ2) is 14.3. The molecule has 0 aromatic carbocycles. The van der Waals surface area contributed by atoms with Crippen LogP contribution in [-0.4, -0.2) is 28.3 Å². The van der Waals surface area contributed by atoms with Gasteiger partial charge in [0.15, 0.2) is 0 Å². The van der Waals surface area contributed by atoms with E-state index in [1.165, 1.54) is 24.3 Å². The summed E-state index contributed by atoms with van der Waals surface area (Å²) in [6, 6.07) is 0. The van der Waals surface area contributed by atoms with Crippen LogP contribution in [-0.2, 0) is 21.7 Å². The largest absolute Gasteiger partial charge is 0.466 e. The lowest BCUT2D eigenvalue weighted by Gasteiger charge is -2.03. The van der Waals surface area contributed by atoms with Gasteiger partial charge < -0.3 is 9.72 Å². The van der Waals surface area contributed by atoms with Crippen LogP contribution in [0.5, 0.6) is 0 Å². The van der Waals surface area contributed by atoms with Gasteiger partial charge in [-0.05, 0) is 31.8 Å². The molecule has 0 unspecified atom stereocenters. The first kappa shape index (κ1) is 22.2. The standard InChI is InChI=1S/C17H26N2O2S2.C2H6/c1-2-17(20)21-11-7-3-4-8-12-22-23-13-16-18-14-9-5-6-10-15(14)19-16;1-2/h5,9H,2-4,6-8,10-13H2,1H3,(H,18,19);1-2H3. The molecule has 1 aliphatic rings. The molecule has 0 amide bonds. The van der Waals surface area contributed by atoms with Gasteiger partial charge in [0.2, 0.25) is 0 Å². The fourth-order valence-electron chi connectivity index (χ4n) is 2.36. The molecule has 1 heterocycles. The van der Waals surface area contributed by atoms with Crippen LogP contribution in [0.3, 0.4) is 0 Å². The third kappa shape index (κ3) is 9.40. The molecule has 1 aromatic heterocycles. The van der Waals surface area contributed by atoms with Crippen molar-refractivity contribution in [3.05, 3.63) is 23.3 Å². The summed E-state index contributed by atoms with van der Waals surface area (Å²) >= 11 is 0. The zero-order valence-electron chi connectivity index (χ0n) is 15.8. The number of hydrogen-bond acceptors (Lipinski definition) is 5. The Morgan fingerprint density at radius 2 is 2.04 bits per heavy atom. The van der Waals surface area contributed by atoms with Crippen molar-refractivity contribution < 1.29 is 9.53 Å². The molecule has 0 saturated carbocycles. The molecule has 1 aliphatic carbocycles. The van der Waals surface area contributed by atoms with Crippen molar-refractivity contribution >= 4 is 33.6 Å². The van der Waals surface area contributed by atoms with E-state index in [2.05, 4.69) is 22.1 Å². The van der Waals surface area contributed by atoms with E-state index < -0.39 is 0 Å². The Morgan fingerprint density at radius 3 is 2.80 bits per heavy atom. The van der Waals surface area contributed by atoms with Crippen molar-refractivity contribution in [2.45, 2.75) is 71.5 Å². The monoisotopic (exact) mass is 384 g/mol. The third-order valence-corrected chi connectivity index (χ3v) is 6.02. The molecular weight excluding hydrogens is 352 g/mol. The Balaban J connectivity index is 0.00000151.